The zero-order chi connectivity index (χ0) is 12.6. The lowest BCUT2D eigenvalue weighted by Crippen LogP contribution is -2.51. The molecule has 0 unspecified atom stereocenters. The molecule has 0 fully saturated rings. The minimum atomic E-state index is -3.64. The summed E-state index contributed by atoms with van der Waals surface area (Å²) >= 11 is 4.78. The third kappa shape index (κ3) is 2.77. The van der Waals surface area contributed by atoms with E-state index in [1.165, 1.54) is 17.1 Å². The third-order valence-corrected chi connectivity index (χ3v) is 4.12. The van der Waals surface area contributed by atoms with Crippen molar-refractivity contribution in [1.82, 2.24) is 14.5 Å². The van der Waals surface area contributed by atoms with Gasteiger partial charge in [-0.2, -0.15) is 9.82 Å². The van der Waals surface area contributed by atoms with Crippen LogP contribution in [0.5, 0.6) is 0 Å². The topological polar surface area (TPSA) is 90.0 Å². The molecule has 0 aliphatic carbocycles. The summed E-state index contributed by atoms with van der Waals surface area (Å²) in [6.45, 7) is 3.20. The summed E-state index contributed by atoms with van der Waals surface area (Å²) in [7, 11) is -2.01. The Balaban J connectivity index is 3.02. The first-order valence-corrected chi connectivity index (χ1v) is 6.37. The van der Waals surface area contributed by atoms with Crippen LogP contribution in [0.1, 0.15) is 13.8 Å². The zero-order valence-corrected chi connectivity index (χ0v) is 10.9. The molecule has 0 aromatic carbocycles. The van der Waals surface area contributed by atoms with Gasteiger partial charge in [0.15, 0.2) is 0 Å². The van der Waals surface area contributed by atoms with E-state index in [2.05, 4.69) is 9.82 Å². The molecule has 3 N–H and O–H groups in total. The van der Waals surface area contributed by atoms with E-state index < -0.39 is 15.6 Å². The monoisotopic (exact) mass is 262 g/mol. The second-order valence-corrected chi connectivity index (χ2v) is 6.07. The van der Waals surface area contributed by atoms with Gasteiger partial charge in [0.1, 0.15) is 4.90 Å². The second kappa shape index (κ2) is 4.11. The summed E-state index contributed by atoms with van der Waals surface area (Å²) in [5.41, 5.74) is 4.48. The van der Waals surface area contributed by atoms with E-state index in [-0.39, 0.29) is 9.88 Å². The zero-order valence-electron chi connectivity index (χ0n) is 9.26. The molecule has 0 aliphatic heterocycles. The molecule has 16 heavy (non-hydrogen) atoms. The van der Waals surface area contributed by atoms with E-state index in [0.29, 0.717) is 0 Å². The van der Waals surface area contributed by atoms with Gasteiger partial charge < -0.3 is 5.73 Å². The maximum absolute atomic E-state index is 11.9. The first kappa shape index (κ1) is 13.1. The molecule has 1 rings (SSSR count). The van der Waals surface area contributed by atoms with Crippen molar-refractivity contribution in [3.8, 4) is 0 Å². The average Bonchev–Trinajstić information content (AvgIpc) is 2.50. The fourth-order valence-electron chi connectivity index (χ4n) is 0.983. The minimum absolute atomic E-state index is 0.0827. The van der Waals surface area contributed by atoms with Crippen LogP contribution >= 0.6 is 12.2 Å². The van der Waals surface area contributed by atoms with Crippen LogP contribution in [-0.4, -0.2) is 28.7 Å². The van der Waals surface area contributed by atoms with Crippen LogP contribution in [0, 0.1) is 0 Å². The third-order valence-electron chi connectivity index (χ3n) is 2.00. The number of hydrogen-bond acceptors (Lipinski definition) is 4. The van der Waals surface area contributed by atoms with Gasteiger partial charge in [-0.25, -0.2) is 8.42 Å². The van der Waals surface area contributed by atoms with Crippen molar-refractivity contribution in [1.29, 1.82) is 0 Å². The first-order chi connectivity index (χ1) is 7.15. The highest BCUT2D eigenvalue weighted by Gasteiger charge is 2.29. The second-order valence-electron chi connectivity index (χ2n) is 3.94. The predicted molar refractivity (Wildman–Crippen MR) is 64.4 cm³/mol. The average molecular weight is 262 g/mol. The number of nitrogens with zero attached hydrogens (tertiary/aromatic N) is 2. The maximum Gasteiger partial charge on any atom is 0.244 e. The summed E-state index contributed by atoms with van der Waals surface area (Å²) in [6, 6.07) is 0. The summed E-state index contributed by atoms with van der Waals surface area (Å²) in [5.74, 6) is 0. The van der Waals surface area contributed by atoms with Gasteiger partial charge in [-0.1, -0.05) is 12.2 Å². The van der Waals surface area contributed by atoms with Crippen LogP contribution in [0.2, 0.25) is 0 Å². The molecule has 0 amide bonds. The normalized spacial score (nSPS) is 12.7. The molecule has 1 heterocycles. The van der Waals surface area contributed by atoms with Gasteiger partial charge in [-0.3, -0.25) is 4.68 Å². The largest absolute Gasteiger partial charge is 0.392 e. The Morgan fingerprint density at radius 3 is 2.56 bits per heavy atom. The number of thiocarbonyl (C=S) groups is 1. The molecular weight excluding hydrogens is 248 g/mol. The lowest BCUT2D eigenvalue weighted by molar-refractivity contribution is 0.546. The van der Waals surface area contributed by atoms with Gasteiger partial charge in [0, 0.05) is 13.2 Å². The number of rotatable bonds is 4. The predicted octanol–water partition coefficient (Wildman–Crippen LogP) is -0.237. The van der Waals surface area contributed by atoms with E-state index in [0.717, 1.165) is 0 Å². The lowest BCUT2D eigenvalue weighted by atomic mass is 10.1. The van der Waals surface area contributed by atoms with Crippen LogP contribution in [0.15, 0.2) is 17.3 Å². The Hall–Kier alpha value is -0.990. The smallest absolute Gasteiger partial charge is 0.244 e. The lowest BCUT2D eigenvalue weighted by Gasteiger charge is -2.23. The van der Waals surface area contributed by atoms with Crippen molar-refractivity contribution < 1.29 is 8.42 Å². The molecule has 0 atom stereocenters. The highest BCUT2D eigenvalue weighted by Crippen LogP contribution is 2.12. The van der Waals surface area contributed by atoms with E-state index in [1.807, 2.05) is 0 Å². The molecule has 0 bridgehead atoms. The summed E-state index contributed by atoms with van der Waals surface area (Å²) in [5, 5.41) is 3.79. The van der Waals surface area contributed by atoms with E-state index in [4.69, 9.17) is 18.0 Å². The number of hydrogen-bond donors (Lipinski definition) is 2. The molecule has 0 saturated heterocycles. The van der Waals surface area contributed by atoms with E-state index in [1.54, 1.807) is 20.9 Å². The molecule has 0 radical (unpaired) electrons. The van der Waals surface area contributed by atoms with Crippen molar-refractivity contribution >= 4 is 27.2 Å². The molecule has 8 heteroatoms. The molecule has 6 nitrogen and oxygen atoms in total. The van der Waals surface area contributed by atoms with Crippen molar-refractivity contribution in [3.63, 3.8) is 0 Å². The molecule has 0 saturated carbocycles. The summed E-state index contributed by atoms with van der Waals surface area (Å²) < 4.78 is 27.6. The summed E-state index contributed by atoms with van der Waals surface area (Å²) in [4.78, 5) is 0.166. The SMILES string of the molecule is Cn1cc(S(=O)(=O)NC(C)(C)C(N)=S)cn1. The van der Waals surface area contributed by atoms with Gasteiger partial charge in [0.25, 0.3) is 0 Å². The number of nitrogens with one attached hydrogen (secondary N) is 1. The van der Waals surface area contributed by atoms with Gasteiger partial charge in [-0.15, -0.1) is 0 Å². The minimum Gasteiger partial charge on any atom is -0.392 e. The molecule has 0 aliphatic rings. The Kier molecular flexibility index (Phi) is 3.36. The van der Waals surface area contributed by atoms with Crippen LogP contribution in [-0.2, 0) is 17.1 Å². The van der Waals surface area contributed by atoms with Crippen molar-refractivity contribution in [2.24, 2.45) is 12.8 Å². The number of aromatic nitrogens is 2. The Morgan fingerprint density at radius 2 is 2.19 bits per heavy atom. The Morgan fingerprint density at radius 1 is 1.62 bits per heavy atom. The molecular formula is C8H14N4O2S2. The first-order valence-electron chi connectivity index (χ1n) is 4.48. The fourth-order valence-corrected chi connectivity index (χ4v) is 2.48. The van der Waals surface area contributed by atoms with Gasteiger partial charge in [0.05, 0.1) is 16.7 Å². The quantitative estimate of drug-likeness (QED) is 0.731. The van der Waals surface area contributed by atoms with Crippen LogP contribution in [0.3, 0.4) is 0 Å². The number of sulfonamides is 1. The molecule has 0 spiro atoms. The van der Waals surface area contributed by atoms with Crippen LogP contribution in [0.4, 0.5) is 0 Å². The highest BCUT2D eigenvalue weighted by atomic mass is 32.2. The molecule has 1 aromatic rings. The Bertz CT molecular complexity index is 504. The fraction of sp³-hybridized carbons (Fsp3) is 0.500. The molecule has 1 aromatic heterocycles. The standard InChI is InChI=1S/C8H14N4O2S2/c1-8(2,7(9)15)11-16(13,14)6-4-10-12(3)5-6/h4-5,11H,1-3H3,(H2,9,15). The van der Waals surface area contributed by atoms with E-state index >= 15 is 0 Å². The van der Waals surface area contributed by atoms with Crippen molar-refractivity contribution in [2.75, 3.05) is 0 Å². The Labute approximate surface area is 99.9 Å². The van der Waals surface area contributed by atoms with Crippen LogP contribution in [0.25, 0.3) is 0 Å². The number of aryl methyl sites for hydroxylation is 1. The van der Waals surface area contributed by atoms with E-state index in [9.17, 15) is 8.42 Å². The maximum atomic E-state index is 11.9. The van der Waals surface area contributed by atoms with Crippen molar-refractivity contribution in [2.45, 2.75) is 24.3 Å². The highest BCUT2D eigenvalue weighted by molar-refractivity contribution is 7.89. The van der Waals surface area contributed by atoms with Gasteiger partial charge in [0.2, 0.25) is 10.0 Å². The van der Waals surface area contributed by atoms with Crippen molar-refractivity contribution in [3.05, 3.63) is 12.4 Å². The van der Waals surface area contributed by atoms with Gasteiger partial charge >= 0.3 is 0 Å². The van der Waals surface area contributed by atoms with Crippen LogP contribution < -0.4 is 10.5 Å². The van der Waals surface area contributed by atoms with Gasteiger partial charge in [-0.05, 0) is 13.8 Å². The summed E-state index contributed by atoms with van der Waals surface area (Å²) in [6.07, 6.45) is 2.66. The molecule has 90 valence electrons. The number of nitrogens with two attached hydrogens (primary N) is 1.